The minimum Gasteiger partial charge on any atom is -0.499 e. The van der Waals surface area contributed by atoms with Crippen molar-refractivity contribution >= 4 is 5.78 Å². The van der Waals surface area contributed by atoms with Crippen LogP contribution in [0.4, 0.5) is 0 Å². The second-order valence-corrected chi connectivity index (χ2v) is 2.63. The highest BCUT2D eigenvalue weighted by Crippen LogP contribution is 2.16. The first-order chi connectivity index (χ1) is 4.70. The molecule has 0 fully saturated rings. The predicted octanol–water partition coefficient (Wildman–Crippen LogP) is 1.52. The molecule has 10 heavy (non-hydrogen) atoms. The van der Waals surface area contributed by atoms with Gasteiger partial charge in [0.25, 0.3) is 0 Å². The molecular formula is C8H12O2. The maximum Gasteiger partial charge on any atom is 0.136 e. The van der Waals surface area contributed by atoms with E-state index in [2.05, 4.69) is 0 Å². The van der Waals surface area contributed by atoms with Gasteiger partial charge in [-0.05, 0) is 26.3 Å². The van der Waals surface area contributed by atoms with Gasteiger partial charge in [0.05, 0.1) is 12.4 Å². The Labute approximate surface area is 60.9 Å². The van der Waals surface area contributed by atoms with E-state index < -0.39 is 0 Å². The fourth-order valence-corrected chi connectivity index (χ4v) is 1.08. The van der Waals surface area contributed by atoms with Crippen molar-refractivity contribution in [2.45, 2.75) is 20.3 Å². The number of rotatable bonds is 1. The standard InChI is InChI=1S/C8H12O2/c1-6-5-8(7(2)9)3-4-10-6/h5,8H,3-4H2,1-2H3. The zero-order chi connectivity index (χ0) is 7.56. The van der Waals surface area contributed by atoms with Crippen LogP contribution < -0.4 is 0 Å². The number of Topliss-reactive ketones (excluding diaryl/α,β-unsaturated/α-hetero) is 1. The van der Waals surface area contributed by atoms with Crippen molar-refractivity contribution in [3.63, 3.8) is 0 Å². The lowest BCUT2D eigenvalue weighted by Gasteiger charge is -2.17. The van der Waals surface area contributed by atoms with Crippen molar-refractivity contribution in [3.8, 4) is 0 Å². The minimum atomic E-state index is 0.105. The van der Waals surface area contributed by atoms with Crippen LogP contribution in [0.15, 0.2) is 11.8 Å². The fourth-order valence-electron chi connectivity index (χ4n) is 1.08. The van der Waals surface area contributed by atoms with E-state index >= 15 is 0 Å². The van der Waals surface area contributed by atoms with Gasteiger partial charge < -0.3 is 4.74 Å². The van der Waals surface area contributed by atoms with E-state index in [0.717, 1.165) is 12.2 Å². The largest absolute Gasteiger partial charge is 0.499 e. The summed E-state index contributed by atoms with van der Waals surface area (Å²) in [5.74, 6) is 1.22. The molecular weight excluding hydrogens is 128 g/mol. The van der Waals surface area contributed by atoms with Crippen LogP contribution in [-0.2, 0) is 9.53 Å². The minimum absolute atomic E-state index is 0.105. The smallest absolute Gasteiger partial charge is 0.136 e. The molecule has 0 N–H and O–H groups in total. The number of hydrogen-bond acceptors (Lipinski definition) is 2. The molecule has 0 spiro atoms. The summed E-state index contributed by atoms with van der Waals surface area (Å²) in [6.07, 6.45) is 2.73. The Morgan fingerprint density at radius 3 is 2.90 bits per heavy atom. The third-order valence-electron chi connectivity index (χ3n) is 1.72. The number of ether oxygens (including phenoxy) is 1. The zero-order valence-electron chi connectivity index (χ0n) is 6.39. The first-order valence-electron chi connectivity index (χ1n) is 3.52. The van der Waals surface area contributed by atoms with E-state index in [4.69, 9.17) is 4.74 Å². The van der Waals surface area contributed by atoms with Gasteiger partial charge in [0, 0.05) is 5.92 Å². The summed E-state index contributed by atoms with van der Waals surface area (Å²) in [6.45, 7) is 4.20. The molecule has 0 saturated heterocycles. The van der Waals surface area contributed by atoms with E-state index in [1.165, 1.54) is 0 Å². The average molecular weight is 140 g/mol. The molecule has 56 valence electrons. The first kappa shape index (κ1) is 7.32. The predicted molar refractivity (Wildman–Crippen MR) is 38.5 cm³/mol. The molecule has 0 saturated carbocycles. The molecule has 1 aliphatic rings. The van der Waals surface area contributed by atoms with Crippen LogP contribution in [0, 0.1) is 5.92 Å². The molecule has 0 amide bonds. The van der Waals surface area contributed by atoms with Crippen LogP contribution in [0.5, 0.6) is 0 Å². The number of allylic oxidation sites excluding steroid dienone is 2. The Hall–Kier alpha value is -0.790. The van der Waals surface area contributed by atoms with Gasteiger partial charge in [0.1, 0.15) is 5.78 Å². The van der Waals surface area contributed by atoms with Gasteiger partial charge in [-0.2, -0.15) is 0 Å². The van der Waals surface area contributed by atoms with Crippen molar-refractivity contribution in [1.29, 1.82) is 0 Å². The summed E-state index contributed by atoms with van der Waals surface area (Å²) in [4.78, 5) is 10.8. The van der Waals surface area contributed by atoms with Gasteiger partial charge >= 0.3 is 0 Å². The lowest BCUT2D eigenvalue weighted by molar-refractivity contribution is -0.120. The highest BCUT2D eigenvalue weighted by atomic mass is 16.5. The summed E-state index contributed by atoms with van der Waals surface area (Å²) in [5, 5.41) is 0. The maximum atomic E-state index is 10.8. The molecule has 0 aliphatic carbocycles. The highest BCUT2D eigenvalue weighted by Gasteiger charge is 2.15. The van der Waals surface area contributed by atoms with Crippen LogP contribution >= 0.6 is 0 Å². The van der Waals surface area contributed by atoms with Crippen LogP contribution in [-0.4, -0.2) is 12.4 Å². The van der Waals surface area contributed by atoms with Crippen molar-refractivity contribution in [2.24, 2.45) is 5.92 Å². The Morgan fingerprint density at radius 2 is 2.50 bits per heavy atom. The number of carbonyl (C=O) groups is 1. The van der Waals surface area contributed by atoms with Crippen molar-refractivity contribution in [1.82, 2.24) is 0 Å². The maximum absolute atomic E-state index is 10.8. The van der Waals surface area contributed by atoms with Crippen LogP contribution in [0.25, 0.3) is 0 Å². The Morgan fingerprint density at radius 1 is 1.80 bits per heavy atom. The van der Waals surface area contributed by atoms with E-state index in [9.17, 15) is 4.79 Å². The molecule has 1 atom stereocenters. The molecule has 1 unspecified atom stereocenters. The van der Waals surface area contributed by atoms with Crippen LogP contribution in [0.1, 0.15) is 20.3 Å². The monoisotopic (exact) mass is 140 g/mol. The molecule has 0 radical (unpaired) electrons. The van der Waals surface area contributed by atoms with Gasteiger partial charge in [-0.25, -0.2) is 0 Å². The van der Waals surface area contributed by atoms with Gasteiger partial charge in [-0.15, -0.1) is 0 Å². The summed E-state index contributed by atoms with van der Waals surface area (Å²) in [6, 6.07) is 0. The van der Waals surface area contributed by atoms with E-state index in [1.807, 2.05) is 13.0 Å². The number of ketones is 1. The summed E-state index contributed by atoms with van der Waals surface area (Å²) in [5.41, 5.74) is 0. The van der Waals surface area contributed by atoms with Gasteiger partial charge in [-0.1, -0.05) is 0 Å². The molecule has 0 aromatic carbocycles. The second-order valence-electron chi connectivity index (χ2n) is 2.63. The first-order valence-corrected chi connectivity index (χ1v) is 3.52. The summed E-state index contributed by atoms with van der Waals surface area (Å²) in [7, 11) is 0. The highest BCUT2D eigenvalue weighted by molar-refractivity contribution is 5.80. The molecule has 0 aromatic rings. The molecule has 1 rings (SSSR count). The third-order valence-corrected chi connectivity index (χ3v) is 1.72. The summed E-state index contributed by atoms with van der Waals surface area (Å²) < 4.78 is 5.17. The van der Waals surface area contributed by atoms with E-state index in [-0.39, 0.29) is 11.7 Å². The van der Waals surface area contributed by atoms with E-state index in [1.54, 1.807) is 6.92 Å². The molecule has 1 aliphatic heterocycles. The lowest BCUT2D eigenvalue weighted by Crippen LogP contribution is -2.15. The Kier molecular flexibility index (Phi) is 2.10. The van der Waals surface area contributed by atoms with Crippen molar-refractivity contribution in [3.05, 3.63) is 11.8 Å². The van der Waals surface area contributed by atoms with Crippen molar-refractivity contribution < 1.29 is 9.53 Å². The third kappa shape index (κ3) is 1.59. The van der Waals surface area contributed by atoms with Crippen LogP contribution in [0.3, 0.4) is 0 Å². The molecule has 0 bridgehead atoms. The zero-order valence-corrected chi connectivity index (χ0v) is 6.39. The Balaban J connectivity index is 2.62. The lowest BCUT2D eigenvalue weighted by atomic mass is 9.99. The normalized spacial score (nSPS) is 25.0. The van der Waals surface area contributed by atoms with Gasteiger partial charge in [-0.3, -0.25) is 4.79 Å². The second kappa shape index (κ2) is 2.86. The van der Waals surface area contributed by atoms with Gasteiger partial charge in [0.2, 0.25) is 0 Å². The topological polar surface area (TPSA) is 26.3 Å². The number of carbonyl (C=O) groups excluding carboxylic acids is 1. The number of hydrogen-bond donors (Lipinski definition) is 0. The SMILES string of the molecule is CC(=O)C1C=C(C)OCC1. The quantitative estimate of drug-likeness (QED) is 0.552. The Bertz CT molecular complexity index is 170. The fraction of sp³-hybridized carbons (Fsp3) is 0.625. The molecule has 2 heteroatoms. The molecule has 2 nitrogen and oxygen atoms in total. The molecule has 1 heterocycles. The van der Waals surface area contributed by atoms with Crippen molar-refractivity contribution in [2.75, 3.05) is 6.61 Å². The summed E-state index contributed by atoms with van der Waals surface area (Å²) >= 11 is 0. The van der Waals surface area contributed by atoms with E-state index in [0.29, 0.717) is 6.61 Å². The average Bonchev–Trinajstić information content (AvgIpc) is 1.88. The molecule has 0 aromatic heterocycles. The van der Waals surface area contributed by atoms with Crippen LogP contribution in [0.2, 0.25) is 0 Å². The van der Waals surface area contributed by atoms with Gasteiger partial charge in [0.15, 0.2) is 0 Å².